The van der Waals surface area contributed by atoms with Crippen LogP contribution in [-0.4, -0.2) is 24.2 Å². The summed E-state index contributed by atoms with van der Waals surface area (Å²) in [7, 11) is -3.62. The maximum absolute atomic E-state index is 12.5. The molecular formula is C13H12ClIN2O4S. The van der Waals surface area contributed by atoms with E-state index in [0.29, 0.717) is 21.7 Å². The summed E-state index contributed by atoms with van der Waals surface area (Å²) in [5.74, 6) is -0.297. The van der Waals surface area contributed by atoms with Crippen molar-refractivity contribution in [3.8, 4) is 0 Å². The molecule has 0 aliphatic carbocycles. The zero-order chi connectivity index (χ0) is 16.1. The van der Waals surface area contributed by atoms with Crippen LogP contribution in [-0.2, 0) is 20.4 Å². The minimum atomic E-state index is -3.62. The molecule has 1 aliphatic heterocycles. The minimum Gasteiger partial charge on any atom is -0.389 e. The molecule has 0 radical (unpaired) electrons. The number of rotatable bonds is 2. The molecule has 1 aromatic heterocycles. The summed E-state index contributed by atoms with van der Waals surface area (Å²) < 4.78 is 31.0. The third kappa shape index (κ3) is 2.83. The van der Waals surface area contributed by atoms with Crippen LogP contribution in [0, 0.1) is 3.57 Å². The third-order valence-electron chi connectivity index (χ3n) is 3.25. The lowest BCUT2D eigenvalue weighted by Gasteiger charge is -2.13. The fourth-order valence-electron chi connectivity index (χ4n) is 2.17. The molecule has 0 saturated heterocycles. The van der Waals surface area contributed by atoms with E-state index in [1.54, 1.807) is 26.0 Å². The third-order valence-corrected chi connectivity index (χ3v) is 6.04. The summed E-state index contributed by atoms with van der Waals surface area (Å²) in [4.78, 5) is 5.13. The lowest BCUT2D eigenvalue weighted by molar-refractivity contribution is 0.0123. The molecule has 0 saturated carbocycles. The van der Waals surface area contributed by atoms with E-state index in [1.807, 2.05) is 0 Å². The highest BCUT2D eigenvalue weighted by molar-refractivity contribution is 14.1. The molecule has 1 aromatic carbocycles. The van der Waals surface area contributed by atoms with Gasteiger partial charge in [-0.15, -0.1) is 0 Å². The molecule has 0 N–H and O–H groups in total. The lowest BCUT2D eigenvalue weighted by Crippen LogP contribution is -2.23. The monoisotopic (exact) mass is 454 g/mol. The Balaban J connectivity index is 1.99. The van der Waals surface area contributed by atoms with Crippen molar-refractivity contribution in [3.63, 3.8) is 0 Å². The maximum Gasteiger partial charge on any atom is 0.200 e. The average Bonchev–Trinajstić information content (AvgIpc) is 2.98. The predicted molar refractivity (Wildman–Crippen MR) is 91.6 cm³/mol. The Morgan fingerprint density at radius 3 is 2.77 bits per heavy atom. The summed E-state index contributed by atoms with van der Waals surface area (Å²) in [6.07, 6.45) is 0.239. The van der Waals surface area contributed by atoms with Crippen LogP contribution in [0.3, 0.4) is 0 Å². The van der Waals surface area contributed by atoms with Crippen molar-refractivity contribution in [2.45, 2.75) is 31.6 Å². The topological polar surface area (TPSA) is 81.8 Å². The van der Waals surface area contributed by atoms with Gasteiger partial charge >= 0.3 is 0 Å². The van der Waals surface area contributed by atoms with E-state index in [4.69, 9.17) is 21.0 Å². The van der Waals surface area contributed by atoms with Crippen molar-refractivity contribution in [2.75, 3.05) is 0 Å². The Morgan fingerprint density at radius 1 is 1.41 bits per heavy atom. The number of benzene rings is 1. The fraction of sp³-hybridized carbons (Fsp3) is 0.385. The Bertz CT molecular complexity index is 889. The quantitative estimate of drug-likeness (QED) is 0.649. The highest BCUT2D eigenvalue weighted by atomic mass is 127. The normalized spacial score (nSPS) is 17.5. The first-order chi connectivity index (χ1) is 10.2. The van der Waals surface area contributed by atoms with Gasteiger partial charge in [0.2, 0.25) is 9.84 Å². The first-order valence-electron chi connectivity index (χ1n) is 6.40. The Hall–Kier alpha value is -0.870. The number of aromatic nitrogens is 1. The van der Waals surface area contributed by atoms with Gasteiger partial charge in [-0.1, -0.05) is 21.9 Å². The van der Waals surface area contributed by atoms with Crippen LogP contribution < -0.4 is 0 Å². The molecule has 0 amide bonds. The number of halogens is 2. The number of sulfone groups is 1. The van der Waals surface area contributed by atoms with Crippen molar-refractivity contribution in [1.29, 1.82) is 0 Å². The highest BCUT2D eigenvalue weighted by Gasteiger charge is 2.36. The molecule has 9 heteroatoms. The Morgan fingerprint density at radius 2 is 2.14 bits per heavy atom. The molecule has 22 heavy (non-hydrogen) atoms. The summed E-state index contributed by atoms with van der Waals surface area (Å²) in [6, 6.07) is 3.48. The molecule has 6 nitrogen and oxygen atoms in total. The second kappa shape index (κ2) is 5.34. The zero-order valence-corrected chi connectivity index (χ0v) is 15.5. The highest BCUT2D eigenvalue weighted by Crippen LogP contribution is 2.32. The van der Waals surface area contributed by atoms with Gasteiger partial charge in [-0.3, -0.25) is 0 Å². The summed E-state index contributed by atoms with van der Waals surface area (Å²) in [5.41, 5.74) is 0.115. The van der Waals surface area contributed by atoms with E-state index in [2.05, 4.69) is 32.9 Å². The largest absolute Gasteiger partial charge is 0.389 e. The number of fused-ring (bicyclic) bond motifs is 1. The molecule has 3 rings (SSSR count). The first kappa shape index (κ1) is 16.0. The molecule has 0 spiro atoms. The first-order valence-corrected chi connectivity index (χ1v) is 9.51. The van der Waals surface area contributed by atoms with Crippen molar-refractivity contribution in [3.05, 3.63) is 26.4 Å². The lowest BCUT2D eigenvalue weighted by atomic mass is 10.1. The summed E-state index contributed by atoms with van der Waals surface area (Å²) in [5, 5.41) is 8.63. The predicted octanol–water partition coefficient (Wildman–Crippen LogP) is 3.51. The van der Waals surface area contributed by atoms with Crippen molar-refractivity contribution in [1.82, 2.24) is 5.16 Å². The molecule has 0 fully saturated rings. The number of hydrogen-bond acceptors (Lipinski definition) is 6. The average molecular weight is 455 g/mol. The number of oxime groups is 1. The van der Waals surface area contributed by atoms with Gasteiger partial charge < -0.3 is 9.36 Å². The van der Waals surface area contributed by atoms with Gasteiger partial charge in [0.1, 0.15) is 17.0 Å². The van der Waals surface area contributed by atoms with E-state index in [-0.39, 0.29) is 17.2 Å². The minimum absolute atomic E-state index is 0.0330. The standard InChI is InChI=1S/C13H12ClIN2O4S/c1-13(2)5-10(17-21-13)22(18,19)6-9-11-8(15)4-3-7(14)12(11)20-16-9/h3-4H,5-6H2,1-2H3. The molecule has 0 unspecified atom stereocenters. The van der Waals surface area contributed by atoms with Crippen LogP contribution in [0.1, 0.15) is 26.0 Å². The molecule has 2 aromatic rings. The van der Waals surface area contributed by atoms with Gasteiger partial charge in [-0.25, -0.2) is 8.42 Å². The van der Waals surface area contributed by atoms with Crippen LogP contribution in [0.15, 0.2) is 21.8 Å². The summed E-state index contributed by atoms with van der Waals surface area (Å²) in [6.45, 7) is 3.57. The maximum atomic E-state index is 12.5. The van der Waals surface area contributed by atoms with E-state index < -0.39 is 15.4 Å². The van der Waals surface area contributed by atoms with Crippen LogP contribution in [0.4, 0.5) is 0 Å². The Kier molecular flexibility index (Phi) is 3.89. The van der Waals surface area contributed by atoms with Gasteiger partial charge in [0.15, 0.2) is 10.6 Å². The summed E-state index contributed by atoms with van der Waals surface area (Å²) >= 11 is 8.14. The number of nitrogens with zero attached hydrogens (tertiary/aromatic N) is 2. The van der Waals surface area contributed by atoms with E-state index in [9.17, 15) is 8.42 Å². The molecule has 0 atom stereocenters. The van der Waals surface area contributed by atoms with Gasteiger partial charge in [0, 0.05) is 9.99 Å². The SMILES string of the molecule is CC1(C)CC(S(=O)(=O)Cc2noc3c(Cl)ccc(I)c23)=NO1. The number of hydrogen-bond donors (Lipinski definition) is 0. The van der Waals surface area contributed by atoms with Crippen molar-refractivity contribution >= 4 is 60.0 Å². The van der Waals surface area contributed by atoms with E-state index in [0.717, 1.165) is 3.57 Å². The smallest absolute Gasteiger partial charge is 0.200 e. The van der Waals surface area contributed by atoms with Gasteiger partial charge in [0.05, 0.1) is 10.4 Å². The van der Waals surface area contributed by atoms with Gasteiger partial charge in [-0.2, -0.15) is 0 Å². The Labute approximate surface area is 145 Å². The zero-order valence-electron chi connectivity index (χ0n) is 11.8. The van der Waals surface area contributed by atoms with Crippen LogP contribution in [0.25, 0.3) is 11.0 Å². The second-order valence-electron chi connectivity index (χ2n) is 5.63. The van der Waals surface area contributed by atoms with E-state index >= 15 is 0 Å². The van der Waals surface area contributed by atoms with Gasteiger partial charge in [0.25, 0.3) is 0 Å². The van der Waals surface area contributed by atoms with Crippen molar-refractivity contribution < 1.29 is 17.8 Å². The molecule has 1 aliphatic rings. The van der Waals surface area contributed by atoms with Crippen LogP contribution >= 0.6 is 34.2 Å². The molecule has 2 heterocycles. The van der Waals surface area contributed by atoms with E-state index in [1.165, 1.54) is 0 Å². The van der Waals surface area contributed by atoms with Crippen LogP contribution in [0.2, 0.25) is 5.02 Å². The second-order valence-corrected chi connectivity index (χ2v) is 9.19. The molecule has 0 bridgehead atoms. The molecular weight excluding hydrogens is 443 g/mol. The fourth-order valence-corrected chi connectivity index (χ4v) is 4.54. The van der Waals surface area contributed by atoms with Crippen molar-refractivity contribution in [2.24, 2.45) is 5.16 Å². The van der Waals surface area contributed by atoms with Crippen LogP contribution in [0.5, 0.6) is 0 Å². The molecule has 118 valence electrons. The van der Waals surface area contributed by atoms with Gasteiger partial charge in [-0.05, 0) is 48.6 Å².